The quantitative estimate of drug-likeness (QED) is 0.844. The first-order valence-corrected chi connectivity index (χ1v) is 8.50. The molecule has 21 heavy (non-hydrogen) atoms. The van der Waals surface area contributed by atoms with Gasteiger partial charge < -0.3 is 9.80 Å². The largest absolute Gasteiger partial charge is 0.357 e. The summed E-state index contributed by atoms with van der Waals surface area (Å²) in [6.45, 7) is 5.86. The zero-order valence-electron chi connectivity index (χ0n) is 12.2. The predicted molar refractivity (Wildman–Crippen MR) is 81.7 cm³/mol. The molecule has 2 rings (SSSR count). The van der Waals surface area contributed by atoms with Gasteiger partial charge in [-0.1, -0.05) is 0 Å². The fraction of sp³-hybridized carbons (Fsp3) is 0.538. The number of hydrogen-bond donors (Lipinski definition) is 1. The number of nitrogens with zero attached hydrogens (tertiary/aromatic N) is 3. The van der Waals surface area contributed by atoms with Gasteiger partial charge in [-0.2, -0.15) is 0 Å². The average Bonchev–Trinajstić information content (AvgIpc) is 2.83. The van der Waals surface area contributed by atoms with Crippen molar-refractivity contribution in [1.82, 2.24) is 4.98 Å². The van der Waals surface area contributed by atoms with Gasteiger partial charge in [0.2, 0.25) is 15.9 Å². The van der Waals surface area contributed by atoms with Crippen LogP contribution in [0.3, 0.4) is 0 Å². The SMILES string of the molecule is CCN(CC)c1ccc(N2CC(S(N)(=O)=O)CC2=O)cn1. The summed E-state index contributed by atoms with van der Waals surface area (Å²) in [5.74, 6) is 0.588. The van der Waals surface area contributed by atoms with Gasteiger partial charge >= 0.3 is 0 Å². The number of nitrogens with two attached hydrogens (primary N) is 1. The second-order valence-electron chi connectivity index (χ2n) is 4.97. The van der Waals surface area contributed by atoms with Crippen molar-refractivity contribution in [3.63, 3.8) is 0 Å². The number of amides is 1. The summed E-state index contributed by atoms with van der Waals surface area (Å²) < 4.78 is 22.7. The summed E-state index contributed by atoms with van der Waals surface area (Å²) >= 11 is 0. The van der Waals surface area contributed by atoms with E-state index >= 15 is 0 Å². The molecular formula is C13H20N4O3S. The minimum absolute atomic E-state index is 0.0728. The molecule has 0 aromatic carbocycles. The van der Waals surface area contributed by atoms with Gasteiger partial charge in [-0.3, -0.25) is 4.79 Å². The monoisotopic (exact) mass is 312 g/mol. The van der Waals surface area contributed by atoms with E-state index in [0.29, 0.717) is 5.69 Å². The van der Waals surface area contributed by atoms with Gasteiger partial charge in [-0.05, 0) is 26.0 Å². The molecular weight excluding hydrogens is 292 g/mol. The van der Waals surface area contributed by atoms with E-state index in [1.54, 1.807) is 12.3 Å². The lowest BCUT2D eigenvalue weighted by Gasteiger charge is -2.21. The second-order valence-corrected chi connectivity index (χ2v) is 6.81. The fourth-order valence-electron chi connectivity index (χ4n) is 2.42. The van der Waals surface area contributed by atoms with Crippen molar-refractivity contribution in [2.45, 2.75) is 25.5 Å². The van der Waals surface area contributed by atoms with E-state index in [4.69, 9.17) is 5.14 Å². The number of aromatic nitrogens is 1. The molecule has 1 atom stereocenters. The Labute approximate surface area is 124 Å². The first-order valence-electron chi connectivity index (χ1n) is 6.89. The van der Waals surface area contributed by atoms with Crippen molar-refractivity contribution < 1.29 is 13.2 Å². The van der Waals surface area contributed by atoms with Gasteiger partial charge in [-0.25, -0.2) is 18.5 Å². The topological polar surface area (TPSA) is 96.6 Å². The minimum atomic E-state index is -3.70. The van der Waals surface area contributed by atoms with Crippen LogP contribution < -0.4 is 14.9 Å². The molecule has 1 aromatic rings. The highest BCUT2D eigenvalue weighted by Gasteiger charge is 2.37. The molecule has 2 heterocycles. The molecule has 0 radical (unpaired) electrons. The highest BCUT2D eigenvalue weighted by atomic mass is 32.2. The normalized spacial score (nSPS) is 19.1. The van der Waals surface area contributed by atoms with Crippen LogP contribution in [0.15, 0.2) is 18.3 Å². The third-order valence-corrected chi connectivity index (χ3v) is 4.93. The third kappa shape index (κ3) is 3.33. The van der Waals surface area contributed by atoms with Crippen LogP contribution in [0, 0.1) is 0 Å². The van der Waals surface area contributed by atoms with Crippen LogP contribution in [-0.2, 0) is 14.8 Å². The van der Waals surface area contributed by atoms with Crippen LogP contribution in [0.1, 0.15) is 20.3 Å². The summed E-state index contributed by atoms with van der Waals surface area (Å²) in [6, 6.07) is 3.62. The third-order valence-electron chi connectivity index (χ3n) is 3.69. The van der Waals surface area contributed by atoms with E-state index < -0.39 is 15.3 Å². The van der Waals surface area contributed by atoms with Gasteiger partial charge in [0.15, 0.2) is 0 Å². The molecule has 1 saturated heterocycles. The van der Waals surface area contributed by atoms with Crippen molar-refractivity contribution >= 4 is 27.4 Å². The molecule has 8 heteroatoms. The molecule has 0 aliphatic carbocycles. The molecule has 1 fully saturated rings. The summed E-state index contributed by atoms with van der Waals surface area (Å²) in [5, 5.41) is 4.27. The number of pyridine rings is 1. The van der Waals surface area contributed by atoms with Crippen molar-refractivity contribution in [2.24, 2.45) is 5.14 Å². The van der Waals surface area contributed by atoms with Gasteiger partial charge in [-0.15, -0.1) is 0 Å². The molecule has 0 spiro atoms. The van der Waals surface area contributed by atoms with Gasteiger partial charge in [0.1, 0.15) is 11.1 Å². The maximum absolute atomic E-state index is 11.9. The Balaban J connectivity index is 2.18. The molecule has 1 amide bonds. The van der Waals surface area contributed by atoms with Crippen molar-refractivity contribution in [1.29, 1.82) is 0 Å². The molecule has 1 aromatic heterocycles. The van der Waals surface area contributed by atoms with Gasteiger partial charge in [0, 0.05) is 26.1 Å². The van der Waals surface area contributed by atoms with E-state index in [0.717, 1.165) is 18.9 Å². The zero-order valence-corrected chi connectivity index (χ0v) is 13.0. The van der Waals surface area contributed by atoms with E-state index in [-0.39, 0.29) is 18.9 Å². The van der Waals surface area contributed by atoms with Crippen LogP contribution in [0.25, 0.3) is 0 Å². The standard InChI is InChI=1S/C13H20N4O3S/c1-3-16(4-2)12-6-5-10(8-15-12)17-9-11(7-13(17)18)21(14,19)20/h5-6,8,11H,3-4,7,9H2,1-2H3,(H2,14,19,20). The molecule has 116 valence electrons. The van der Waals surface area contributed by atoms with Crippen LogP contribution in [0.2, 0.25) is 0 Å². The second kappa shape index (κ2) is 5.98. The smallest absolute Gasteiger partial charge is 0.228 e. The van der Waals surface area contributed by atoms with Crippen LogP contribution in [0.4, 0.5) is 11.5 Å². The maximum Gasteiger partial charge on any atom is 0.228 e. The van der Waals surface area contributed by atoms with Crippen LogP contribution >= 0.6 is 0 Å². The molecule has 7 nitrogen and oxygen atoms in total. The molecule has 1 aliphatic rings. The Bertz CT molecular complexity index is 611. The molecule has 0 saturated carbocycles. The summed E-state index contributed by atoms with van der Waals surface area (Å²) in [7, 11) is -3.70. The summed E-state index contributed by atoms with van der Waals surface area (Å²) in [4.78, 5) is 19.8. The van der Waals surface area contributed by atoms with Crippen LogP contribution in [-0.4, -0.2) is 44.2 Å². The summed E-state index contributed by atoms with van der Waals surface area (Å²) in [6.07, 6.45) is 1.52. The van der Waals surface area contributed by atoms with E-state index in [9.17, 15) is 13.2 Å². The van der Waals surface area contributed by atoms with Crippen molar-refractivity contribution in [2.75, 3.05) is 29.4 Å². The van der Waals surface area contributed by atoms with Crippen molar-refractivity contribution in [3.05, 3.63) is 18.3 Å². The number of carbonyl (C=O) groups is 1. The lowest BCUT2D eigenvalue weighted by atomic mass is 10.3. The van der Waals surface area contributed by atoms with E-state index in [2.05, 4.69) is 9.88 Å². The Kier molecular flexibility index (Phi) is 4.48. The molecule has 1 unspecified atom stereocenters. The Morgan fingerprint density at radius 1 is 1.38 bits per heavy atom. The number of rotatable bonds is 5. The lowest BCUT2D eigenvalue weighted by Crippen LogP contribution is -2.32. The average molecular weight is 312 g/mol. The van der Waals surface area contributed by atoms with E-state index in [1.807, 2.05) is 19.9 Å². The van der Waals surface area contributed by atoms with Crippen molar-refractivity contribution in [3.8, 4) is 0 Å². The van der Waals surface area contributed by atoms with Gasteiger partial charge in [0.25, 0.3) is 0 Å². The molecule has 2 N–H and O–H groups in total. The predicted octanol–water partition coefficient (Wildman–Crippen LogP) is 0.322. The molecule has 1 aliphatic heterocycles. The Morgan fingerprint density at radius 2 is 2.05 bits per heavy atom. The Hall–Kier alpha value is -1.67. The zero-order chi connectivity index (χ0) is 15.6. The maximum atomic E-state index is 11.9. The minimum Gasteiger partial charge on any atom is -0.357 e. The molecule has 0 bridgehead atoms. The lowest BCUT2D eigenvalue weighted by molar-refractivity contribution is -0.117. The van der Waals surface area contributed by atoms with Gasteiger partial charge in [0.05, 0.1) is 11.9 Å². The van der Waals surface area contributed by atoms with Crippen LogP contribution in [0.5, 0.6) is 0 Å². The van der Waals surface area contributed by atoms with E-state index in [1.165, 1.54) is 4.90 Å². The highest BCUT2D eigenvalue weighted by Crippen LogP contribution is 2.25. The summed E-state index contributed by atoms with van der Waals surface area (Å²) in [5.41, 5.74) is 0.599. The highest BCUT2D eigenvalue weighted by molar-refractivity contribution is 7.89. The number of hydrogen-bond acceptors (Lipinski definition) is 5. The number of carbonyl (C=O) groups excluding carboxylic acids is 1. The first kappa shape index (κ1) is 15.7. The first-order chi connectivity index (χ1) is 9.86. The number of sulfonamides is 1. The number of primary sulfonamides is 1. The fourth-order valence-corrected chi connectivity index (χ4v) is 3.15. The Morgan fingerprint density at radius 3 is 2.48 bits per heavy atom. The number of anilines is 2.